The van der Waals surface area contributed by atoms with Crippen LogP contribution in [0.2, 0.25) is 0 Å². The summed E-state index contributed by atoms with van der Waals surface area (Å²) >= 11 is 7.92. The molecule has 0 fully saturated rings. The minimum Gasteiger partial charge on any atom is -0.318 e. The van der Waals surface area contributed by atoms with Gasteiger partial charge in [0, 0.05) is 38.2 Å². The van der Waals surface area contributed by atoms with E-state index in [9.17, 15) is 0 Å². The highest BCUT2D eigenvalue weighted by Crippen LogP contribution is 2.24. The van der Waals surface area contributed by atoms with Crippen molar-refractivity contribution >= 4 is 40.5 Å². The van der Waals surface area contributed by atoms with E-state index in [-0.39, 0.29) is 0 Å². The van der Waals surface area contributed by atoms with Crippen LogP contribution in [0.4, 0.5) is 5.69 Å². The van der Waals surface area contributed by atoms with Crippen LogP contribution in [0.25, 0.3) is 5.69 Å². The van der Waals surface area contributed by atoms with E-state index >= 15 is 0 Å². The fraction of sp³-hybridized carbons (Fsp3) is 0.105. The molecule has 0 amide bonds. The SMILES string of the molecule is Cc1cc(C=Nc2ccccc2S)c(C)n1-c1ccc(Br)cc1. The molecule has 0 unspecified atom stereocenters. The Morgan fingerprint density at radius 2 is 1.74 bits per heavy atom. The lowest BCUT2D eigenvalue weighted by Gasteiger charge is -2.09. The third kappa shape index (κ3) is 3.43. The summed E-state index contributed by atoms with van der Waals surface area (Å²) in [4.78, 5) is 5.46. The van der Waals surface area contributed by atoms with Gasteiger partial charge in [0.25, 0.3) is 0 Å². The van der Waals surface area contributed by atoms with Gasteiger partial charge in [0.2, 0.25) is 0 Å². The van der Waals surface area contributed by atoms with Gasteiger partial charge in [-0.05, 0) is 56.3 Å². The molecule has 1 heterocycles. The number of para-hydroxylation sites is 1. The predicted molar refractivity (Wildman–Crippen MR) is 104 cm³/mol. The van der Waals surface area contributed by atoms with Gasteiger partial charge >= 0.3 is 0 Å². The van der Waals surface area contributed by atoms with E-state index in [1.54, 1.807) is 0 Å². The average Bonchev–Trinajstić information content (AvgIpc) is 2.82. The summed E-state index contributed by atoms with van der Waals surface area (Å²) in [5.74, 6) is 0. The molecule has 4 heteroatoms. The normalized spacial score (nSPS) is 11.3. The zero-order valence-corrected chi connectivity index (χ0v) is 15.5. The monoisotopic (exact) mass is 384 g/mol. The van der Waals surface area contributed by atoms with E-state index in [1.807, 2.05) is 30.5 Å². The highest BCUT2D eigenvalue weighted by atomic mass is 79.9. The molecule has 2 aromatic carbocycles. The first-order valence-electron chi connectivity index (χ1n) is 7.33. The van der Waals surface area contributed by atoms with Crippen LogP contribution in [0.1, 0.15) is 17.0 Å². The Hall–Kier alpha value is -1.78. The number of aliphatic imine (C=N–C) groups is 1. The molecule has 2 nitrogen and oxygen atoms in total. The molecule has 23 heavy (non-hydrogen) atoms. The number of rotatable bonds is 3. The van der Waals surface area contributed by atoms with Gasteiger partial charge in [-0.3, -0.25) is 4.99 Å². The molecule has 0 saturated carbocycles. The maximum absolute atomic E-state index is 4.58. The zero-order chi connectivity index (χ0) is 16.4. The fourth-order valence-electron chi connectivity index (χ4n) is 2.62. The Labute approximate surface area is 150 Å². The third-order valence-electron chi connectivity index (χ3n) is 3.78. The molecule has 0 atom stereocenters. The summed E-state index contributed by atoms with van der Waals surface area (Å²) < 4.78 is 3.32. The Morgan fingerprint density at radius 1 is 1.04 bits per heavy atom. The van der Waals surface area contributed by atoms with Crippen LogP contribution >= 0.6 is 28.6 Å². The number of halogens is 1. The average molecular weight is 385 g/mol. The molecule has 116 valence electrons. The Morgan fingerprint density at radius 3 is 2.43 bits per heavy atom. The molecule has 0 radical (unpaired) electrons. The summed E-state index contributed by atoms with van der Waals surface area (Å²) in [5.41, 5.74) is 5.50. The summed E-state index contributed by atoms with van der Waals surface area (Å²) in [7, 11) is 0. The molecule has 0 aliphatic heterocycles. The molecule has 0 bridgehead atoms. The Kier molecular flexibility index (Phi) is 4.74. The lowest BCUT2D eigenvalue weighted by atomic mass is 10.2. The zero-order valence-electron chi connectivity index (χ0n) is 13.0. The molecule has 0 spiro atoms. The van der Waals surface area contributed by atoms with Gasteiger partial charge in [0.15, 0.2) is 0 Å². The van der Waals surface area contributed by atoms with E-state index < -0.39 is 0 Å². The van der Waals surface area contributed by atoms with Crippen molar-refractivity contribution < 1.29 is 0 Å². The van der Waals surface area contributed by atoms with E-state index in [0.29, 0.717) is 0 Å². The maximum atomic E-state index is 4.58. The van der Waals surface area contributed by atoms with E-state index in [1.165, 1.54) is 11.4 Å². The number of aryl methyl sites for hydroxylation is 1. The Balaban J connectivity index is 1.98. The largest absolute Gasteiger partial charge is 0.318 e. The van der Waals surface area contributed by atoms with Crippen molar-refractivity contribution in [1.29, 1.82) is 0 Å². The number of hydrogen-bond donors (Lipinski definition) is 1. The molecular formula is C19H17BrN2S. The van der Waals surface area contributed by atoms with E-state index in [2.05, 4.69) is 82.3 Å². The second kappa shape index (κ2) is 6.77. The fourth-order valence-corrected chi connectivity index (χ4v) is 3.10. The van der Waals surface area contributed by atoms with Gasteiger partial charge in [-0.2, -0.15) is 0 Å². The van der Waals surface area contributed by atoms with Gasteiger partial charge in [0.1, 0.15) is 0 Å². The Bertz CT molecular complexity index is 864. The van der Waals surface area contributed by atoms with Crippen LogP contribution in [0.15, 0.2) is 69.0 Å². The highest BCUT2D eigenvalue weighted by molar-refractivity contribution is 9.10. The molecule has 3 rings (SSSR count). The van der Waals surface area contributed by atoms with Gasteiger partial charge in [-0.1, -0.05) is 28.1 Å². The second-order valence-electron chi connectivity index (χ2n) is 5.39. The van der Waals surface area contributed by atoms with Crippen molar-refractivity contribution in [2.24, 2.45) is 4.99 Å². The van der Waals surface area contributed by atoms with Gasteiger partial charge in [-0.25, -0.2) is 0 Å². The predicted octanol–water partition coefficient (Wildman–Crippen LogP) is 5.90. The molecule has 3 aromatic rings. The minimum absolute atomic E-state index is 0.879. The molecule has 0 aliphatic rings. The van der Waals surface area contributed by atoms with Crippen molar-refractivity contribution in [3.63, 3.8) is 0 Å². The topological polar surface area (TPSA) is 17.3 Å². The number of aromatic nitrogens is 1. The van der Waals surface area contributed by atoms with Crippen molar-refractivity contribution in [3.8, 4) is 5.69 Å². The van der Waals surface area contributed by atoms with E-state index in [4.69, 9.17) is 0 Å². The van der Waals surface area contributed by atoms with Crippen LogP contribution in [0.3, 0.4) is 0 Å². The summed E-state index contributed by atoms with van der Waals surface area (Å²) in [6, 6.07) is 18.3. The molecule has 0 aliphatic carbocycles. The van der Waals surface area contributed by atoms with Crippen molar-refractivity contribution in [1.82, 2.24) is 4.57 Å². The first-order valence-corrected chi connectivity index (χ1v) is 8.57. The van der Waals surface area contributed by atoms with Gasteiger partial charge in [0.05, 0.1) is 5.69 Å². The molecular weight excluding hydrogens is 368 g/mol. The second-order valence-corrected chi connectivity index (χ2v) is 6.78. The number of nitrogens with zero attached hydrogens (tertiary/aromatic N) is 2. The van der Waals surface area contributed by atoms with Crippen molar-refractivity contribution in [2.75, 3.05) is 0 Å². The summed E-state index contributed by atoms with van der Waals surface area (Å²) in [6.07, 6.45) is 1.91. The summed E-state index contributed by atoms with van der Waals surface area (Å²) in [6.45, 7) is 4.22. The lowest BCUT2D eigenvalue weighted by molar-refractivity contribution is 0.964. The molecule has 0 N–H and O–H groups in total. The minimum atomic E-state index is 0.879. The van der Waals surface area contributed by atoms with Crippen LogP contribution < -0.4 is 0 Å². The van der Waals surface area contributed by atoms with E-state index in [0.717, 1.165) is 26.3 Å². The number of thiol groups is 1. The van der Waals surface area contributed by atoms with Crippen LogP contribution in [-0.2, 0) is 0 Å². The maximum Gasteiger partial charge on any atom is 0.0763 e. The van der Waals surface area contributed by atoms with Crippen molar-refractivity contribution in [3.05, 3.63) is 76.0 Å². The third-order valence-corrected chi connectivity index (χ3v) is 4.69. The lowest BCUT2D eigenvalue weighted by Crippen LogP contribution is -1.99. The van der Waals surface area contributed by atoms with Crippen LogP contribution in [0.5, 0.6) is 0 Å². The van der Waals surface area contributed by atoms with Crippen molar-refractivity contribution in [2.45, 2.75) is 18.7 Å². The molecule has 1 aromatic heterocycles. The molecule has 0 saturated heterocycles. The summed E-state index contributed by atoms with van der Waals surface area (Å²) in [5, 5.41) is 0. The number of benzene rings is 2. The first-order chi connectivity index (χ1) is 11.1. The van der Waals surface area contributed by atoms with Crippen LogP contribution in [-0.4, -0.2) is 10.8 Å². The number of hydrogen-bond acceptors (Lipinski definition) is 2. The first kappa shape index (κ1) is 16.1. The highest BCUT2D eigenvalue weighted by Gasteiger charge is 2.09. The van der Waals surface area contributed by atoms with Gasteiger partial charge in [-0.15, -0.1) is 12.6 Å². The quantitative estimate of drug-likeness (QED) is 0.428. The smallest absolute Gasteiger partial charge is 0.0763 e. The van der Waals surface area contributed by atoms with Crippen LogP contribution in [0, 0.1) is 13.8 Å². The van der Waals surface area contributed by atoms with Gasteiger partial charge < -0.3 is 4.57 Å². The standard InChI is InChI=1S/C19H17BrN2S/c1-13-11-15(12-21-18-5-3-4-6-19(18)23)14(2)22(13)17-9-7-16(20)8-10-17/h3-12,23H,1-2H3.